The average Bonchev–Trinajstić information content (AvgIpc) is 2.42. The SMILES string of the molecule is CCC1CCCC(Nc2cc(Cl)cc(Br)c2OC(F)F)C1. The topological polar surface area (TPSA) is 21.3 Å². The largest absolute Gasteiger partial charge is 0.431 e. The van der Waals surface area contributed by atoms with Crippen LogP contribution in [0.4, 0.5) is 14.5 Å². The molecule has 1 N–H and O–H groups in total. The van der Waals surface area contributed by atoms with Crippen molar-refractivity contribution in [3.63, 3.8) is 0 Å². The van der Waals surface area contributed by atoms with Crippen molar-refractivity contribution in [2.75, 3.05) is 5.32 Å². The highest BCUT2D eigenvalue weighted by Crippen LogP contribution is 2.39. The first-order valence-electron chi connectivity index (χ1n) is 7.20. The summed E-state index contributed by atoms with van der Waals surface area (Å²) in [5.74, 6) is 0.811. The minimum atomic E-state index is -2.86. The number of nitrogens with one attached hydrogen (secondary N) is 1. The van der Waals surface area contributed by atoms with Gasteiger partial charge in [0.25, 0.3) is 0 Å². The van der Waals surface area contributed by atoms with E-state index in [2.05, 4.69) is 32.9 Å². The summed E-state index contributed by atoms with van der Waals surface area (Å²) in [5, 5.41) is 3.81. The molecule has 0 aromatic heterocycles. The second kappa shape index (κ2) is 7.63. The Morgan fingerprint density at radius 1 is 1.43 bits per heavy atom. The van der Waals surface area contributed by atoms with Gasteiger partial charge in [-0.25, -0.2) is 0 Å². The van der Waals surface area contributed by atoms with E-state index in [9.17, 15) is 8.78 Å². The molecule has 0 heterocycles. The van der Waals surface area contributed by atoms with Gasteiger partial charge in [-0.15, -0.1) is 0 Å². The van der Waals surface area contributed by atoms with Gasteiger partial charge in [-0.05, 0) is 46.8 Å². The van der Waals surface area contributed by atoms with Gasteiger partial charge in [0.15, 0.2) is 5.75 Å². The Morgan fingerprint density at radius 2 is 2.19 bits per heavy atom. The zero-order chi connectivity index (χ0) is 15.4. The fourth-order valence-electron chi connectivity index (χ4n) is 2.89. The fourth-order valence-corrected chi connectivity index (χ4v) is 3.79. The molecule has 2 atom stereocenters. The van der Waals surface area contributed by atoms with E-state index in [1.54, 1.807) is 12.1 Å². The maximum atomic E-state index is 12.6. The van der Waals surface area contributed by atoms with Crippen molar-refractivity contribution >= 4 is 33.2 Å². The third kappa shape index (κ3) is 4.71. The lowest BCUT2D eigenvalue weighted by Gasteiger charge is -2.30. The molecule has 6 heteroatoms. The molecule has 0 bridgehead atoms. The molecule has 0 radical (unpaired) electrons. The normalized spacial score (nSPS) is 22.4. The number of benzene rings is 1. The lowest BCUT2D eigenvalue weighted by Crippen LogP contribution is -2.27. The number of hydrogen-bond donors (Lipinski definition) is 1. The van der Waals surface area contributed by atoms with Crippen LogP contribution in [0.3, 0.4) is 0 Å². The summed E-state index contributed by atoms with van der Waals surface area (Å²) in [6.45, 7) is -0.674. The second-order valence-electron chi connectivity index (χ2n) is 5.42. The Bertz CT molecular complexity index is 487. The highest BCUT2D eigenvalue weighted by atomic mass is 79.9. The van der Waals surface area contributed by atoms with Crippen LogP contribution in [0.5, 0.6) is 5.75 Å². The number of ether oxygens (including phenoxy) is 1. The summed E-state index contributed by atoms with van der Waals surface area (Å²) < 4.78 is 30.2. The second-order valence-corrected chi connectivity index (χ2v) is 6.72. The van der Waals surface area contributed by atoms with Crippen LogP contribution in [-0.2, 0) is 0 Å². The van der Waals surface area contributed by atoms with Crippen molar-refractivity contribution < 1.29 is 13.5 Å². The molecule has 1 aromatic rings. The summed E-state index contributed by atoms with van der Waals surface area (Å²) in [5.41, 5.74) is 0.524. The standard InChI is InChI=1S/C15H19BrClF2NO/c1-2-9-4-3-5-11(6-9)20-13-8-10(17)7-12(16)14(13)21-15(18)19/h7-9,11,15,20H,2-6H2,1H3. The minimum absolute atomic E-state index is 0.119. The van der Waals surface area contributed by atoms with E-state index in [-0.39, 0.29) is 11.8 Å². The predicted molar refractivity (Wildman–Crippen MR) is 85.4 cm³/mol. The van der Waals surface area contributed by atoms with Crippen LogP contribution in [0.15, 0.2) is 16.6 Å². The Kier molecular flexibility index (Phi) is 6.11. The Balaban J connectivity index is 2.17. The third-order valence-corrected chi connectivity index (χ3v) is 4.74. The average molecular weight is 383 g/mol. The molecule has 0 saturated heterocycles. The molecule has 2 unspecified atom stereocenters. The minimum Gasteiger partial charge on any atom is -0.431 e. The molecule has 21 heavy (non-hydrogen) atoms. The maximum absolute atomic E-state index is 12.6. The summed E-state index contributed by atoms with van der Waals surface area (Å²) in [6, 6.07) is 3.47. The first-order chi connectivity index (χ1) is 9.99. The summed E-state index contributed by atoms with van der Waals surface area (Å²) in [4.78, 5) is 0. The first kappa shape index (κ1) is 16.8. The fraction of sp³-hybridized carbons (Fsp3) is 0.600. The molecule has 0 aliphatic heterocycles. The lowest BCUT2D eigenvalue weighted by molar-refractivity contribution is -0.0499. The van der Waals surface area contributed by atoms with E-state index in [0.717, 1.165) is 25.7 Å². The van der Waals surface area contributed by atoms with Gasteiger partial charge in [-0.2, -0.15) is 8.78 Å². The van der Waals surface area contributed by atoms with Crippen LogP contribution >= 0.6 is 27.5 Å². The van der Waals surface area contributed by atoms with Gasteiger partial charge >= 0.3 is 6.61 Å². The Morgan fingerprint density at radius 3 is 2.86 bits per heavy atom. The molecule has 118 valence electrons. The summed E-state index contributed by atoms with van der Waals surface area (Å²) >= 11 is 9.25. The van der Waals surface area contributed by atoms with Crippen LogP contribution < -0.4 is 10.1 Å². The molecule has 2 rings (SSSR count). The van der Waals surface area contributed by atoms with E-state index < -0.39 is 6.61 Å². The van der Waals surface area contributed by atoms with Crippen molar-refractivity contribution in [3.05, 3.63) is 21.6 Å². The van der Waals surface area contributed by atoms with Crippen molar-refractivity contribution in [1.29, 1.82) is 0 Å². The zero-order valence-electron chi connectivity index (χ0n) is 11.8. The first-order valence-corrected chi connectivity index (χ1v) is 8.37. The Labute approximate surface area is 137 Å². The van der Waals surface area contributed by atoms with Gasteiger partial charge in [-0.1, -0.05) is 37.8 Å². The monoisotopic (exact) mass is 381 g/mol. The van der Waals surface area contributed by atoms with Gasteiger partial charge < -0.3 is 10.1 Å². The quantitative estimate of drug-likeness (QED) is 0.666. The molecule has 1 saturated carbocycles. The number of rotatable bonds is 5. The molecule has 1 aromatic carbocycles. The van der Waals surface area contributed by atoms with E-state index in [1.807, 2.05) is 0 Å². The van der Waals surface area contributed by atoms with E-state index >= 15 is 0 Å². The van der Waals surface area contributed by atoms with E-state index in [0.29, 0.717) is 21.1 Å². The number of hydrogen-bond acceptors (Lipinski definition) is 2. The number of halogens is 4. The highest BCUT2D eigenvalue weighted by Gasteiger charge is 2.23. The highest BCUT2D eigenvalue weighted by molar-refractivity contribution is 9.10. The van der Waals surface area contributed by atoms with Gasteiger partial charge in [0.2, 0.25) is 0 Å². The van der Waals surface area contributed by atoms with Crippen LogP contribution in [0.25, 0.3) is 0 Å². The van der Waals surface area contributed by atoms with Gasteiger partial charge in [0.05, 0.1) is 10.2 Å². The molecule has 1 aliphatic rings. The molecular formula is C15H19BrClF2NO. The van der Waals surface area contributed by atoms with E-state index in [1.165, 1.54) is 6.42 Å². The lowest BCUT2D eigenvalue weighted by atomic mass is 9.84. The molecular weight excluding hydrogens is 364 g/mol. The van der Waals surface area contributed by atoms with Crippen LogP contribution in [-0.4, -0.2) is 12.7 Å². The van der Waals surface area contributed by atoms with Crippen molar-refractivity contribution in [2.24, 2.45) is 5.92 Å². The summed E-state index contributed by atoms with van der Waals surface area (Å²) in [6.07, 6.45) is 5.64. The van der Waals surface area contributed by atoms with Crippen LogP contribution in [0, 0.1) is 5.92 Å². The van der Waals surface area contributed by atoms with Gasteiger partial charge in [0.1, 0.15) is 0 Å². The van der Waals surface area contributed by atoms with Crippen LogP contribution in [0.1, 0.15) is 39.0 Å². The molecule has 1 aliphatic carbocycles. The Hall–Kier alpha value is -0.550. The molecule has 1 fully saturated rings. The number of anilines is 1. The predicted octanol–water partition coefficient (Wildman–Crippen LogP) is 6.08. The summed E-state index contributed by atoms with van der Waals surface area (Å²) in [7, 11) is 0. The van der Waals surface area contributed by atoms with E-state index in [4.69, 9.17) is 11.6 Å². The zero-order valence-corrected chi connectivity index (χ0v) is 14.2. The maximum Gasteiger partial charge on any atom is 0.387 e. The van der Waals surface area contributed by atoms with Gasteiger partial charge in [-0.3, -0.25) is 0 Å². The van der Waals surface area contributed by atoms with Gasteiger partial charge in [0, 0.05) is 11.1 Å². The third-order valence-electron chi connectivity index (χ3n) is 3.94. The molecule has 0 spiro atoms. The number of alkyl halides is 2. The van der Waals surface area contributed by atoms with Crippen molar-refractivity contribution in [3.8, 4) is 5.75 Å². The van der Waals surface area contributed by atoms with Crippen molar-refractivity contribution in [2.45, 2.75) is 51.7 Å². The smallest absolute Gasteiger partial charge is 0.387 e. The molecule has 0 amide bonds. The molecule has 2 nitrogen and oxygen atoms in total. The van der Waals surface area contributed by atoms with Crippen molar-refractivity contribution in [1.82, 2.24) is 0 Å². The van der Waals surface area contributed by atoms with Crippen LogP contribution in [0.2, 0.25) is 5.02 Å².